The summed E-state index contributed by atoms with van der Waals surface area (Å²) in [6, 6.07) is 7.18. The van der Waals surface area contributed by atoms with Gasteiger partial charge in [-0.2, -0.15) is 0 Å². The molecule has 0 spiro atoms. The van der Waals surface area contributed by atoms with Crippen LogP contribution in [0.15, 0.2) is 18.2 Å². The first-order valence-electron chi connectivity index (χ1n) is 8.22. The van der Waals surface area contributed by atoms with E-state index >= 15 is 0 Å². The van der Waals surface area contributed by atoms with Gasteiger partial charge in [-0.05, 0) is 60.9 Å². The lowest BCUT2D eigenvalue weighted by Crippen LogP contribution is -2.36. The van der Waals surface area contributed by atoms with E-state index in [2.05, 4.69) is 30.4 Å². The van der Waals surface area contributed by atoms with E-state index in [9.17, 15) is 0 Å². The van der Waals surface area contributed by atoms with Gasteiger partial charge < -0.3 is 10.1 Å². The van der Waals surface area contributed by atoms with Gasteiger partial charge in [0.05, 0.1) is 7.11 Å². The van der Waals surface area contributed by atoms with Gasteiger partial charge in [-0.25, -0.2) is 0 Å². The zero-order chi connectivity index (χ0) is 13.9. The van der Waals surface area contributed by atoms with Crippen molar-refractivity contribution in [3.8, 4) is 5.75 Å². The van der Waals surface area contributed by atoms with Crippen LogP contribution >= 0.6 is 0 Å². The second kappa shape index (κ2) is 6.17. The van der Waals surface area contributed by atoms with Crippen LogP contribution < -0.4 is 10.1 Å². The summed E-state index contributed by atoms with van der Waals surface area (Å²) >= 11 is 0. The van der Waals surface area contributed by atoms with Crippen LogP contribution in [-0.4, -0.2) is 13.7 Å². The normalized spacial score (nSPS) is 29.8. The second-order valence-corrected chi connectivity index (χ2v) is 6.45. The maximum absolute atomic E-state index is 5.43. The molecule has 2 nitrogen and oxygen atoms in total. The van der Waals surface area contributed by atoms with Crippen molar-refractivity contribution in [1.82, 2.24) is 5.32 Å². The average Bonchev–Trinajstić information content (AvgIpc) is 2.53. The molecule has 2 heteroatoms. The van der Waals surface area contributed by atoms with Crippen LogP contribution in [0.25, 0.3) is 0 Å². The fourth-order valence-corrected chi connectivity index (χ4v) is 4.12. The zero-order valence-electron chi connectivity index (χ0n) is 12.8. The largest absolute Gasteiger partial charge is 0.497 e. The molecule has 0 aromatic heterocycles. The van der Waals surface area contributed by atoms with Crippen LogP contribution in [0.5, 0.6) is 5.75 Å². The Bertz CT molecular complexity index is 457. The summed E-state index contributed by atoms with van der Waals surface area (Å²) in [6.45, 7) is 3.47. The first-order valence-corrected chi connectivity index (χ1v) is 8.22. The van der Waals surface area contributed by atoms with Crippen molar-refractivity contribution in [1.29, 1.82) is 0 Å². The van der Waals surface area contributed by atoms with Crippen LogP contribution in [-0.2, 0) is 6.42 Å². The van der Waals surface area contributed by atoms with Crippen molar-refractivity contribution in [2.24, 2.45) is 11.8 Å². The first kappa shape index (κ1) is 13.9. The highest BCUT2D eigenvalue weighted by atomic mass is 16.5. The Morgan fingerprint density at radius 3 is 3.00 bits per heavy atom. The Morgan fingerprint density at radius 2 is 2.20 bits per heavy atom. The molecule has 1 aromatic carbocycles. The van der Waals surface area contributed by atoms with Crippen LogP contribution in [0.1, 0.15) is 56.2 Å². The fourth-order valence-electron chi connectivity index (χ4n) is 4.12. The summed E-state index contributed by atoms with van der Waals surface area (Å²) < 4.78 is 5.43. The zero-order valence-corrected chi connectivity index (χ0v) is 12.8. The quantitative estimate of drug-likeness (QED) is 0.895. The van der Waals surface area contributed by atoms with E-state index in [1.165, 1.54) is 43.2 Å². The van der Waals surface area contributed by atoms with Crippen LogP contribution in [0.2, 0.25) is 0 Å². The van der Waals surface area contributed by atoms with Gasteiger partial charge in [0.2, 0.25) is 0 Å². The second-order valence-electron chi connectivity index (χ2n) is 6.45. The maximum Gasteiger partial charge on any atom is 0.119 e. The third-order valence-electron chi connectivity index (χ3n) is 5.32. The smallest absolute Gasteiger partial charge is 0.119 e. The number of ether oxygens (including phenoxy) is 1. The minimum absolute atomic E-state index is 0.545. The van der Waals surface area contributed by atoms with Gasteiger partial charge >= 0.3 is 0 Å². The molecule has 1 heterocycles. The summed E-state index contributed by atoms with van der Waals surface area (Å²) in [7, 11) is 1.76. The molecule has 0 saturated heterocycles. The van der Waals surface area contributed by atoms with Gasteiger partial charge in [-0.15, -0.1) is 0 Å². The highest BCUT2D eigenvalue weighted by Crippen LogP contribution is 2.41. The van der Waals surface area contributed by atoms with E-state index in [0.717, 1.165) is 30.6 Å². The van der Waals surface area contributed by atoms with Crippen molar-refractivity contribution in [2.45, 2.75) is 51.5 Å². The van der Waals surface area contributed by atoms with Crippen LogP contribution in [0, 0.1) is 11.8 Å². The van der Waals surface area contributed by atoms with Crippen molar-refractivity contribution in [3.63, 3.8) is 0 Å². The van der Waals surface area contributed by atoms with Gasteiger partial charge in [-0.3, -0.25) is 0 Å². The molecule has 3 atom stereocenters. The number of nitrogens with one attached hydrogen (secondary N) is 1. The molecule has 1 fully saturated rings. The molecule has 1 saturated carbocycles. The minimum Gasteiger partial charge on any atom is -0.497 e. The average molecular weight is 273 g/mol. The molecular weight excluding hydrogens is 246 g/mol. The number of hydrogen-bond acceptors (Lipinski definition) is 2. The Kier molecular flexibility index (Phi) is 4.30. The monoisotopic (exact) mass is 273 g/mol. The lowest BCUT2D eigenvalue weighted by Gasteiger charge is -2.38. The molecule has 0 bridgehead atoms. The molecule has 2 aliphatic rings. The van der Waals surface area contributed by atoms with E-state index in [0.29, 0.717) is 6.04 Å². The highest BCUT2D eigenvalue weighted by Gasteiger charge is 2.31. The predicted octanol–water partition coefficient (Wildman–Crippen LogP) is 4.10. The summed E-state index contributed by atoms with van der Waals surface area (Å²) in [5, 5.41) is 3.79. The molecule has 20 heavy (non-hydrogen) atoms. The van der Waals surface area contributed by atoms with Crippen LogP contribution in [0.4, 0.5) is 0 Å². The Morgan fingerprint density at radius 1 is 1.30 bits per heavy atom. The van der Waals surface area contributed by atoms with Gasteiger partial charge in [-0.1, -0.05) is 32.3 Å². The van der Waals surface area contributed by atoms with Crippen molar-refractivity contribution >= 4 is 0 Å². The Hall–Kier alpha value is -1.02. The highest BCUT2D eigenvalue weighted by molar-refractivity contribution is 5.39. The van der Waals surface area contributed by atoms with Gasteiger partial charge in [0.15, 0.2) is 0 Å². The minimum atomic E-state index is 0.545. The number of fused-ring (bicyclic) bond motifs is 1. The molecule has 3 unspecified atom stereocenters. The number of rotatable bonds is 3. The summed E-state index contributed by atoms with van der Waals surface area (Å²) in [5.41, 5.74) is 3.02. The Balaban J connectivity index is 1.84. The fraction of sp³-hybridized carbons (Fsp3) is 0.667. The number of methoxy groups -OCH3 is 1. The molecule has 0 radical (unpaired) electrons. The van der Waals surface area contributed by atoms with E-state index in [1.54, 1.807) is 7.11 Å². The molecule has 0 amide bonds. The first-order chi connectivity index (χ1) is 9.81. The maximum atomic E-state index is 5.43. The van der Waals surface area contributed by atoms with Gasteiger partial charge in [0.1, 0.15) is 5.75 Å². The number of benzene rings is 1. The summed E-state index contributed by atoms with van der Waals surface area (Å²) in [4.78, 5) is 0. The third kappa shape index (κ3) is 2.71. The molecule has 1 aliphatic carbocycles. The Labute approximate surface area is 122 Å². The van der Waals surface area contributed by atoms with Crippen molar-refractivity contribution in [3.05, 3.63) is 29.3 Å². The number of hydrogen-bond donors (Lipinski definition) is 1. The van der Waals surface area contributed by atoms with Gasteiger partial charge in [0.25, 0.3) is 0 Å². The van der Waals surface area contributed by atoms with E-state index in [4.69, 9.17) is 4.74 Å². The lowest BCUT2D eigenvalue weighted by molar-refractivity contribution is 0.205. The molecule has 1 aliphatic heterocycles. The van der Waals surface area contributed by atoms with Crippen LogP contribution in [0.3, 0.4) is 0 Å². The van der Waals surface area contributed by atoms with Gasteiger partial charge in [0, 0.05) is 6.04 Å². The van der Waals surface area contributed by atoms with Crippen molar-refractivity contribution in [2.75, 3.05) is 13.7 Å². The molecule has 110 valence electrons. The SMILES string of the molecule is CCC1CCCC(C2NCCc3ccc(OC)cc32)C1. The molecule has 1 N–H and O–H groups in total. The topological polar surface area (TPSA) is 21.3 Å². The van der Waals surface area contributed by atoms with Crippen molar-refractivity contribution < 1.29 is 4.74 Å². The van der Waals surface area contributed by atoms with E-state index < -0.39 is 0 Å². The summed E-state index contributed by atoms with van der Waals surface area (Å²) in [6.07, 6.45) is 8.11. The molecule has 1 aromatic rings. The lowest BCUT2D eigenvalue weighted by atomic mass is 9.73. The third-order valence-corrected chi connectivity index (χ3v) is 5.32. The van der Waals surface area contributed by atoms with E-state index in [1.807, 2.05) is 0 Å². The van der Waals surface area contributed by atoms with E-state index in [-0.39, 0.29) is 0 Å². The summed E-state index contributed by atoms with van der Waals surface area (Å²) in [5.74, 6) is 2.74. The standard InChI is InChI=1S/C18H27NO/c1-3-13-5-4-6-15(11-13)18-17-12-16(20-2)8-7-14(17)9-10-19-18/h7-8,12-13,15,18-19H,3-6,9-11H2,1-2H3. The molecular formula is C18H27NO. The molecule has 3 rings (SSSR count). The predicted molar refractivity (Wildman–Crippen MR) is 83.2 cm³/mol.